The van der Waals surface area contributed by atoms with Crippen LogP contribution in [0.15, 0.2) is 11.0 Å². The van der Waals surface area contributed by atoms with Gasteiger partial charge in [-0.1, -0.05) is 6.92 Å². The topological polar surface area (TPSA) is 206 Å². The van der Waals surface area contributed by atoms with Crippen LogP contribution < -0.4 is 16.7 Å². The second-order valence-electron chi connectivity index (χ2n) is 5.82. The summed E-state index contributed by atoms with van der Waals surface area (Å²) in [6.07, 6.45) is -4.37. The first kappa shape index (κ1) is 21.4. The Morgan fingerprint density at radius 2 is 2.11 bits per heavy atom. The maximum absolute atomic E-state index is 12.1. The number of anilines is 1. The molecule has 1 saturated heterocycles. The summed E-state index contributed by atoms with van der Waals surface area (Å²) >= 11 is 0. The molecule has 2 heterocycles. The van der Waals surface area contributed by atoms with Gasteiger partial charge in [0.05, 0.1) is 12.2 Å². The second-order valence-corrected chi connectivity index (χ2v) is 7.06. The zero-order chi connectivity index (χ0) is 20.4. The quantitative estimate of drug-likeness (QED) is 0.264. The predicted molar refractivity (Wildman–Crippen MR) is 89.5 cm³/mol. The number of carbonyl (C=O) groups is 1. The molecule has 0 aromatic carbocycles. The van der Waals surface area contributed by atoms with E-state index >= 15 is 0 Å². The highest BCUT2D eigenvalue weighted by Crippen LogP contribution is 2.38. The molecule has 1 aliphatic heterocycles. The lowest BCUT2D eigenvalue weighted by Crippen LogP contribution is -2.37. The smallest absolute Gasteiger partial charge is 0.387 e. The van der Waals surface area contributed by atoms with Crippen LogP contribution in [0.25, 0.3) is 0 Å². The van der Waals surface area contributed by atoms with Crippen molar-refractivity contribution in [2.45, 2.75) is 37.9 Å². The molecule has 152 valence electrons. The molecule has 0 unspecified atom stereocenters. The number of nitrogens with two attached hydrogens (primary N) is 1. The van der Waals surface area contributed by atoms with Gasteiger partial charge in [-0.25, -0.2) is 9.36 Å². The monoisotopic (exact) mass is 408 g/mol. The first-order valence-corrected chi connectivity index (χ1v) is 9.46. The number of phosphoric acid groups is 1. The third kappa shape index (κ3) is 5.11. The van der Waals surface area contributed by atoms with E-state index in [0.717, 1.165) is 10.8 Å². The van der Waals surface area contributed by atoms with E-state index in [0.29, 0.717) is 13.0 Å². The Labute approximate surface area is 153 Å². The lowest BCUT2D eigenvalue weighted by atomic mass is 10.1. The second kappa shape index (κ2) is 8.44. The number of rotatable bonds is 7. The minimum atomic E-state index is -4.83. The van der Waals surface area contributed by atoms with E-state index in [1.54, 1.807) is 0 Å². The van der Waals surface area contributed by atoms with Crippen LogP contribution in [-0.2, 0) is 13.8 Å². The summed E-state index contributed by atoms with van der Waals surface area (Å²) in [6, 6.07) is 0. The fourth-order valence-corrected chi connectivity index (χ4v) is 2.78. The molecule has 1 aliphatic rings. The zero-order valence-electron chi connectivity index (χ0n) is 14.3. The summed E-state index contributed by atoms with van der Waals surface area (Å²) in [7, 11) is -4.83. The molecule has 14 heteroatoms. The molecular formula is C13H21N4O9P. The highest BCUT2D eigenvalue weighted by Gasteiger charge is 2.45. The number of phosphoric ester groups is 1. The van der Waals surface area contributed by atoms with E-state index in [9.17, 15) is 24.4 Å². The standard InChI is InChI=1S/C13H21N4O9P/c1-2-3-15-11(20)6-4-17(13(21)16-10(6)14)12-9(19)8(18)7(26-12)5-25-27(22,23)24/h4,7-9,12,18-19H,2-3,5H2,1H3,(H,15,20)(H2,14,16,21)(H2,22,23,24)/t7-,8-,9-,12-/m1/s1. The molecule has 0 saturated carbocycles. The van der Waals surface area contributed by atoms with Gasteiger partial charge in [-0.2, -0.15) is 4.98 Å². The largest absolute Gasteiger partial charge is 0.469 e. The van der Waals surface area contributed by atoms with Crippen LogP contribution in [0.1, 0.15) is 29.9 Å². The van der Waals surface area contributed by atoms with Gasteiger partial charge in [0.1, 0.15) is 24.1 Å². The highest BCUT2D eigenvalue weighted by atomic mass is 31.2. The Hall–Kier alpha value is -1.86. The lowest BCUT2D eigenvalue weighted by molar-refractivity contribution is -0.0542. The average Bonchev–Trinajstić information content (AvgIpc) is 2.85. The maximum Gasteiger partial charge on any atom is 0.469 e. The Balaban J connectivity index is 2.27. The van der Waals surface area contributed by atoms with Gasteiger partial charge in [0, 0.05) is 12.7 Å². The summed E-state index contributed by atoms with van der Waals surface area (Å²) in [4.78, 5) is 45.2. The molecule has 7 N–H and O–H groups in total. The Morgan fingerprint density at radius 3 is 2.70 bits per heavy atom. The van der Waals surface area contributed by atoms with Gasteiger partial charge in [0.15, 0.2) is 6.23 Å². The van der Waals surface area contributed by atoms with Crippen LogP contribution in [0.5, 0.6) is 0 Å². The van der Waals surface area contributed by atoms with Crippen LogP contribution >= 0.6 is 7.82 Å². The average molecular weight is 408 g/mol. The van der Waals surface area contributed by atoms with Crippen molar-refractivity contribution in [2.24, 2.45) is 0 Å². The third-order valence-corrected chi connectivity index (χ3v) is 4.27. The van der Waals surface area contributed by atoms with Gasteiger partial charge >= 0.3 is 13.5 Å². The molecular weight excluding hydrogens is 387 g/mol. The minimum Gasteiger partial charge on any atom is -0.387 e. The number of nitrogens with one attached hydrogen (secondary N) is 1. The van der Waals surface area contributed by atoms with Crippen LogP contribution in [0.2, 0.25) is 0 Å². The Bertz CT molecular complexity index is 794. The zero-order valence-corrected chi connectivity index (χ0v) is 15.2. The van der Waals surface area contributed by atoms with Gasteiger partial charge < -0.3 is 35.8 Å². The van der Waals surface area contributed by atoms with Crippen LogP contribution in [-0.4, -0.2) is 66.9 Å². The number of carbonyl (C=O) groups excluding carboxylic acids is 1. The molecule has 2 rings (SSSR count). The van der Waals surface area contributed by atoms with Gasteiger partial charge in [-0.15, -0.1) is 0 Å². The van der Waals surface area contributed by atoms with Crippen LogP contribution in [0.4, 0.5) is 5.82 Å². The molecule has 1 amide bonds. The van der Waals surface area contributed by atoms with Gasteiger partial charge in [0.2, 0.25) is 0 Å². The van der Waals surface area contributed by atoms with Crippen molar-refractivity contribution in [3.63, 3.8) is 0 Å². The minimum absolute atomic E-state index is 0.136. The normalized spacial score (nSPS) is 25.5. The maximum atomic E-state index is 12.1. The molecule has 27 heavy (non-hydrogen) atoms. The third-order valence-electron chi connectivity index (χ3n) is 3.78. The molecule has 0 spiro atoms. The SMILES string of the molecule is CCCNC(=O)c1cn([C@@H]2O[C@H](COP(=O)(O)O)[C@@H](O)[C@H]2O)c(=O)nc1N. The number of aromatic nitrogens is 2. The van der Waals surface area contributed by atoms with E-state index < -0.39 is 50.6 Å². The molecule has 1 aromatic heterocycles. The van der Waals surface area contributed by atoms with Gasteiger partial charge in [0.25, 0.3) is 5.91 Å². The number of hydrogen-bond donors (Lipinski definition) is 6. The first-order valence-electron chi connectivity index (χ1n) is 7.93. The van der Waals surface area contributed by atoms with Crippen molar-refractivity contribution < 1.29 is 38.6 Å². The number of ether oxygens (including phenoxy) is 1. The summed E-state index contributed by atoms with van der Waals surface area (Å²) in [6.45, 7) is 1.47. The van der Waals surface area contributed by atoms with E-state index in [-0.39, 0.29) is 11.4 Å². The Morgan fingerprint density at radius 1 is 1.44 bits per heavy atom. The summed E-state index contributed by atoms with van der Waals surface area (Å²) in [5.74, 6) is -0.913. The van der Waals surface area contributed by atoms with Crippen molar-refractivity contribution in [1.29, 1.82) is 0 Å². The van der Waals surface area contributed by atoms with E-state index in [1.165, 1.54) is 0 Å². The fourth-order valence-electron chi connectivity index (χ4n) is 2.44. The van der Waals surface area contributed by atoms with E-state index in [1.807, 2.05) is 6.92 Å². The summed E-state index contributed by atoms with van der Waals surface area (Å²) in [5.41, 5.74) is 4.51. The predicted octanol–water partition coefficient (Wildman–Crippen LogP) is -2.31. The molecule has 1 fully saturated rings. The number of hydrogen-bond acceptors (Lipinski definition) is 9. The van der Waals surface area contributed by atoms with E-state index in [4.69, 9.17) is 20.3 Å². The lowest BCUT2D eigenvalue weighted by Gasteiger charge is -2.18. The molecule has 0 bridgehead atoms. The van der Waals surface area contributed by atoms with Crippen molar-refractivity contribution in [1.82, 2.24) is 14.9 Å². The van der Waals surface area contributed by atoms with Crippen molar-refractivity contribution in [3.05, 3.63) is 22.2 Å². The van der Waals surface area contributed by atoms with Crippen molar-refractivity contribution >= 4 is 19.5 Å². The van der Waals surface area contributed by atoms with Gasteiger partial charge in [-0.05, 0) is 6.42 Å². The molecule has 0 radical (unpaired) electrons. The summed E-state index contributed by atoms with van der Waals surface area (Å²) < 4.78 is 21.1. The Kier molecular flexibility index (Phi) is 6.70. The van der Waals surface area contributed by atoms with Gasteiger partial charge in [-0.3, -0.25) is 13.9 Å². The number of nitrogens with zero attached hydrogens (tertiary/aromatic N) is 2. The number of amides is 1. The summed E-state index contributed by atoms with van der Waals surface area (Å²) in [5, 5.41) is 22.7. The molecule has 0 aliphatic carbocycles. The first-order chi connectivity index (χ1) is 12.5. The number of nitrogen functional groups attached to an aromatic ring is 1. The van der Waals surface area contributed by atoms with Crippen molar-refractivity contribution in [3.8, 4) is 0 Å². The van der Waals surface area contributed by atoms with E-state index in [2.05, 4.69) is 14.8 Å². The number of aliphatic hydroxyl groups is 2. The molecule has 4 atom stereocenters. The molecule has 1 aromatic rings. The molecule has 13 nitrogen and oxygen atoms in total. The van der Waals surface area contributed by atoms with Crippen LogP contribution in [0, 0.1) is 0 Å². The number of aliphatic hydroxyl groups excluding tert-OH is 2. The van der Waals surface area contributed by atoms with Crippen LogP contribution in [0.3, 0.4) is 0 Å². The fraction of sp³-hybridized carbons (Fsp3) is 0.615. The highest BCUT2D eigenvalue weighted by molar-refractivity contribution is 7.46. The van der Waals surface area contributed by atoms with Crippen molar-refractivity contribution in [2.75, 3.05) is 18.9 Å².